The van der Waals surface area contributed by atoms with E-state index in [-0.39, 0.29) is 22.1 Å². The average molecular weight is 576 g/mol. The Morgan fingerprint density at radius 3 is 1.68 bits per heavy atom. The summed E-state index contributed by atoms with van der Waals surface area (Å²) in [7, 11) is -2.35. The molecule has 0 bridgehead atoms. The lowest BCUT2D eigenvalue weighted by atomic mass is 9.87. The van der Waals surface area contributed by atoms with Gasteiger partial charge in [-0.1, -0.05) is 50.6 Å². The number of nitrogens with zero attached hydrogens (tertiary/aromatic N) is 1. The van der Waals surface area contributed by atoms with E-state index in [1.165, 1.54) is 31.3 Å². The van der Waals surface area contributed by atoms with Crippen molar-refractivity contribution in [3.05, 3.63) is 119 Å². The molecule has 40 heavy (non-hydrogen) atoms. The van der Waals surface area contributed by atoms with E-state index in [2.05, 4.69) is 31.4 Å². The summed E-state index contributed by atoms with van der Waals surface area (Å²) in [6, 6.07) is 26.5. The van der Waals surface area contributed by atoms with E-state index in [4.69, 9.17) is 11.6 Å². The second-order valence-electron chi connectivity index (χ2n) is 10.3. The van der Waals surface area contributed by atoms with Gasteiger partial charge in [0.1, 0.15) is 0 Å². The minimum absolute atomic E-state index is 0.00705. The first-order chi connectivity index (χ1) is 18.8. The Kier molecular flexibility index (Phi) is 8.32. The van der Waals surface area contributed by atoms with Gasteiger partial charge in [-0.05, 0) is 89.8 Å². The highest BCUT2D eigenvalue weighted by molar-refractivity contribution is 7.92. The number of carbonyl (C=O) groups is 2. The normalized spacial score (nSPS) is 11.5. The number of nitrogens with one attached hydrogen (secondary N) is 2. The van der Waals surface area contributed by atoms with Crippen molar-refractivity contribution in [2.45, 2.75) is 31.1 Å². The fourth-order valence-corrected chi connectivity index (χ4v) is 5.25. The summed E-state index contributed by atoms with van der Waals surface area (Å²) < 4.78 is 27.0. The molecule has 0 aliphatic heterocycles. The van der Waals surface area contributed by atoms with Crippen molar-refractivity contribution in [3.63, 3.8) is 0 Å². The summed E-state index contributed by atoms with van der Waals surface area (Å²) >= 11 is 5.87. The minimum atomic E-state index is -3.79. The maximum absolute atomic E-state index is 12.9. The van der Waals surface area contributed by atoms with E-state index >= 15 is 0 Å². The largest absolute Gasteiger partial charge is 0.322 e. The monoisotopic (exact) mass is 575 g/mol. The highest BCUT2D eigenvalue weighted by Gasteiger charge is 2.21. The molecule has 4 aromatic rings. The zero-order valence-electron chi connectivity index (χ0n) is 22.6. The molecule has 4 aromatic carbocycles. The van der Waals surface area contributed by atoms with Gasteiger partial charge in [0, 0.05) is 34.6 Å². The van der Waals surface area contributed by atoms with Gasteiger partial charge in [0.05, 0.1) is 10.6 Å². The molecule has 206 valence electrons. The number of amides is 2. The summed E-state index contributed by atoms with van der Waals surface area (Å²) in [4.78, 5) is 25.7. The molecule has 4 rings (SSSR count). The number of anilines is 3. The third-order valence-corrected chi connectivity index (χ3v) is 8.41. The molecule has 0 atom stereocenters. The van der Waals surface area contributed by atoms with Gasteiger partial charge in [-0.15, -0.1) is 0 Å². The molecule has 0 saturated heterocycles. The standard InChI is InChI=1S/C31H30ClN3O4S/c1-31(2,3)23-12-8-21(9-13-23)29(36)33-25-6-5-7-26(20-25)34-30(37)22-10-16-27(17-11-22)35(4)40(38,39)28-18-14-24(32)15-19-28/h5-20H,1-4H3,(H,33,36)(H,34,37). The van der Waals surface area contributed by atoms with Gasteiger partial charge in [0.25, 0.3) is 21.8 Å². The van der Waals surface area contributed by atoms with Crippen LogP contribution in [-0.4, -0.2) is 27.3 Å². The molecule has 0 heterocycles. The smallest absolute Gasteiger partial charge is 0.264 e. The molecule has 7 nitrogen and oxygen atoms in total. The first-order valence-electron chi connectivity index (χ1n) is 12.5. The predicted octanol–water partition coefficient (Wildman–Crippen LogP) is 6.97. The van der Waals surface area contributed by atoms with Gasteiger partial charge >= 0.3 is 0 Å². The van der Waals surface area contributed by atoms with Crippen LogP contribution in [0.5, 0.6) is 0 Å². The highest BCUT2D eigenvalue weighted by Crippen LogP contribution is 2.25. The average Bonchev–Trinajstić information content (AvgIpc) is 2.92. The minimum Gasteiger partial charge on any atom is -0.322 e. The number of carbonyl (C=O) groups excluding carboxylic acids is 2. The summed E-state index contributed by atoms with van der Waals surface area (Å²) in [5.74, 6) is -0.631. The van der Waals surface area contributed by atoms with Gasteiger partial charge in [0.15, 0.2) is 0 Å². The van der Waals surface area contributed by atoms with Crippen LogP contribution in [0.4, 0.5) is 17.1 Å². The lowest BCUT2D eigenvalue weighted by Crippen LogP contribution is -2.26. The topological polar surface area (TPSA) is 95.6 Å². The van der Waals surface area contributed by atoms with Crippen molar-refractivity contribution < 1.29 is 18.0 Å². The molecule has 2 amide bonds. The fraction of sp³-hybridized carbons (Fsp3) is 0.161. The van der Waals surface area contributed by atoms with Gasteiger partial charge in [-0.2, -0.15) is 0 Å². The first kappa shape index (κ1) is 28.9. The molecule has 0 spiro atoms. The molecule has 0 aliphatic carbocycles. The molecule has 0 unspecified atom stereocenters. The van der Waals surface area contributed by atoms with Crippen LogP contribution in [0.1, 0.15) is 47.1 Å². The summed E-state index contributed by atoms with van der Waals surface area (Å²) in [5.41, 5.74) is 3.43. The highest BCUT2D eigenvalue weighted by atomic mass is 35.5. The Balaban J connectivity index is 1.41. The number of hydrogen-bond acceptors (Lipinski definition) is 4. The third-order valence-electron chi connectivity index (χ3n) is 6.36. The third kappa shape index (κ3) is 6.70. The molecular weight excluding hydrogens is 546 g/mol. The number of benzene rings is 4. The second kappa shape index (κ2) is 11.5. The lowest BCUT2D eigenvalue weighted by Gasteiger charge is -2.20. The van der Waals surface area contributed by atoms with Crippen molar-refractivity contribution >= 4 is 50.5 Å². The van der Waals surface area contributed by atoms with Gasteiger partial charge in [-0.25, -0.2) is 8.42 Å². The van der Waals surface area contributed by atoms with Crippen molar-refractivity contribution in [1.29, 1.82) is 0 Å². The Hall–Kier alpha value is -4.14. The van der Waals surface area contributed by atoms with E-state index in [1.807, 2.05) is 12.1 Å². The van der Waals surface area contributed by atoms with Crippen molar-refractivity contribution in [2.75, 3.05) is 22.0 Å². The fourth-order valence-electron chi connectivity index (χ4n) is 3.93. The second-order valence-corrected chi connectivity index (χ2v) is 12.7. The number of hydrogen-bond donors (Lipinski definition) is 2. The van der Waals surface area contributed by atoms with Gasteiger partial charge in [-0.3, -0.25) is 13.9 Å². The molecule has 9 heteroatoms. The number of rotatable bonds is 7. The van der Waals surface area contributed by atoms with E-state index in [0.29, 0.717) is 33.2 Å². The number of sulfonamides is 1. The molecule has 2 N–H and O–H groups in total. The maximum Gasteiger partial charge on any atom is 0.264 e. The van der Waals surface area contributed by atoms with Crippen molar-refractivity contribution in [2.24, 2.45) is 0 Å². The summed E-state index contributed by atoms with van der Waals surface area (Å²) in [6.07, 6.45) is 0. The van der Waals surface area contributed by atoms with E-state index in [1.54, 1.807) is 60.7 Å². The maximum atomic E-state index is 12.9. The number of halogens is 1. The van der Waals surface area contributed by atoms with Gasteiger partial charge in [0.2, 0.25) is 0 Å². The SMILES string of the molecule is CN(c1ccc(C(=O)Nc2cccc(NC(=O)c3ccc(C(C)(C)C)cc3)c2)cc1)S(=O)(=O)c1ccc(Cl)cc1. The van der Waals surface area contributed by atoms with Crippen LogP contribution in [0.2, 0.25) is 5.02 Å². The van der Waals surface area contributed by atoms with Crippen molar-refractivity contribution in [1.82, 2.24) is 0 Å². The predicted molar refractivity (Wildman–Crippen MR) is 161 cm³/mol. The Morgan fingerprint density at radius 1 is 0.725 bits per heavy atom. The molecule has 0 aromatic heterocycles. The van der Waals surface area contributed by atoms with E-state index in [9.17, 15) is 18.0 Å². The van der Waals surface area contributed by atoms with Crippen LogP contribution >= 0.6 is 11.6 Å². The summed E-state index contributed by atoms with van der Waals surface area (Å²) in [5, 5.41) is 6.11. The molecular formula is C31H30ClN3O4S. The van der Waals surface area contributed by atoms with Crippen LogP contribution in [0.3, 0.4) is 0 Å². The lowest BCUT2D eigenvalue weighted by molar-refractivity contribution is 0.101. The zero-order valence-corrected chi connectivity index (χ0v) is 24.2. The van der Waals surface area contributed by atoms with Crippen molar-refractivity contribution in [3.8, 4) is 0 Å². The molecule has 0 saturated carbocycles. The Bertz CT molecular complexity index is 1630. The van der Waals surface area contributed by atoms with Crippen LogP contribution in [0.25, 0.3) is 0 Å². The molecule has 0 fully saturated rings. The Labute approximate surface area is 239 Å². The van der Waals surface area contributed by atoms with Crippen LogP contribution in [-0.2, 0) is 15.4 Å². The van der Waals surface area contributed by atoms with E-state index < -0.39 is 10.0 Å². The van der Waals surface area contributed by atoms with Crippen LogP contribution in [0, 0.1) is 0 Å². The van der Waals surface area contributed by atoms with Crippen LogP contribution < -0.4 is 14.9 Å². The molecule has 0 radical (unpaired) electrons. The van der Waals surface area contributed by atoms with Crippen LogP contribution in [0.15, 0.2) is 102 Å². The zero-order chi connectivity index (χ0) is 29.1. The molecule has 0 aliphatic rings. The van der Waals surface area contributed by atoms with E-state index in [0.717, 1.165) is 9.87 Å². The quantitative estimate of drug-likeness (QED) is 0.249. The van der Waals surface area contributed by atoms with Gasteiger partial charge < -0.3 is 10.6 Å². The Morgan fingerprint density at radius 2 is 1.20 bits per heavy atom. The first-order valence-corrected chi connectivity index (χ1v) is 14.3. The summed E-state index contributed by atoms with van der Waals surface area (Å²) in [6.45, 7) is 6.34.